The number of hydrogen-bond acceptors (Lipinski definition) is 3. The van der Waals surface area contributed by atoms with Crippen LogP contribution in [-0.2, 0) is 10.0 Å². The zero-order valence-electron chi connectivity index (χ0n) is 10.6. The average molecular weight is 286 g/mol. The van der Waals surface area contributed by atoms with Crippen molar-refractivity contribution in [3.05, 3.63) is 29.3 Å². The van der Waals surface area contributed by atoms with Gasteiger partial charge in [-0.25, -0.2) is 8.42 Å². The second kappa shape index (κ2) is 6.15. The SMILES string of the molecule is CCCCS(=O)(=O)Nc1cccc(C)c1C(N)=S. The van der Waals surface area contributed by atoms with Crippen molar-refractivity contribution >= 4 is 32.9 Å². The molecule has 0 atom stereocenters. The molecule has 1 rings (SSSR count). The summed E-state index contributed by atoms with van der Waals surface area (Å²) in [4.78, 5) is 0.196. The molecule has 18 heavy (non-hydrogen) atoms. The van der Waals surface area contributed by atoms with Gasteiger partial charge in [0.25, 0.3) is 0 Å². The van der Waals surface area contributed by atoms with E-state index in [2.05, 4.69) is 4.72 Å². The Morgan fingerprint density at radius 2 is 2.11 bits per heavy atom. The summed E-state index contributed by atoms with van der Waals surface area (Å²) in [5.74, 6) is 0.105. The fraction of sp³-hybridized carbons (Fsp3) is 0.417. The van der Waals surface area contributed by atoms with E-state index >= 15 is 0 Å². The Morgan fingerprint density at radius 1 is 1.44 bits per heavy atom. The monoisotopic (exact) mass is 286 g/mol. The summed E-state index contributed by atoms with van der Waals surface area (Å²) in [6.07, 6.45) is 1.46. The second-order valence-corrected chi connectivity index (χ2v) is 6.42. The van der Waals surface area contributed by atoms with E-state index in [0.29, 0.717) is 17.7 Å². The second-order valence-electron chi connectivity index (χ2n) is 4.14. The molecule has 0 aliphatic heterocycles. The minimum atomic E-state index is -3.33. The normalized spacial score (nSPS) is 11.2. The highest BCUT2D eigenvalue weighted by atomic mass is 32.2. The summed E-state index contributed by atoms with van der Waals surface area (Å²) in [5, 5.41) is 0. The van der Waals surface area contributed by atoms with Crippen LogP contribution in [-0.4, -0.2) is 19.2 Å². The molecular formula is C12H18N2O2S2. The molecule has 0 saturated carbocycles. The number of rotatable bonds is 6. The Balaban J connectivity index is 3.05. The number of aryl methyl sites for hydroxylation is 1. The van der Waals surface area contributed by atoms with Gasteiger partial charge in [-0.3, -0.25) is 4.72 Å². The fourth-order valence-electron chi connectivity index (χ4n) is 1.63. The summed E-state index contributed by atoms with van der Waals surface area (Å²) < 4.78 is 26.2. The van der Waals surface area contributed by atoms with Crippen molar-refractivity contribution in [1.29, 1.82) is 0 Å². The molecule has 4 nitrogen and oxygen atoms in total. The van der Waals surface area contributed by atoms with E-state index in [0.717, 1.165) is 12.0 Å². The lowest BCUT2D eigenvalue weighted by atomic mass is 10.1. The van der Waals surface area contributed by atoms with Gasteiger partial charge in [0.05, 0.1) is 11.4 Å². The van der Waals surface area contributed by atoms with Crippen LogP contribution >= 0.6 is 12.2 Å². The van der Waals surface area contributed by atoms with Gasteiger partial charge in [0, 0.05) is 5.56 Å². The van der Waals surface area contributed by atoms with Crippen LogP contribution in [0.1, 0.15) is 30.9 Å². The highest BCUT2D eigenvalue weighted by Crippen LogP contribution is 2.20. The van der Waals surface area contributed by atoms with Crippen LogP contribution in [0.5, 0.6) is 0 Å². The summed E-state index contributed by atoms with van der Waals surface area (Å²) in [6, 6.07) is 5.29. The van der Waals surface area contributed by atoms with Crippen LogP contribution in [0.25, 0.3) is 0 Å². The van der Waals surface area contributed by atoms with Crippen LogP contribution < -0.4 is 10.5 Å². The molecule has 0 spiro atoms. The lowest BCUT2D eigenvalue weighted by Gasteiger charge is -2.13. The first-order valence-corrected chi connectivity index (χ1v) is 7.83. The van der Waals surface area contributed by atoms with E-state index in [1.54, 1.807) is 12.1 Å². The van der Waals surface area contributed by atoms with E-state index in [1.807, 2.05) is 19.9 Å². The van der Waals surface area contributed by atoms with Gasteiger partial charge < -0.3 is 5.73 Å². The Hall–Kier alpha value is -1.14. The third kappa shape index (κ3) is 3.96. The van der Waals surface area contributed by atoms with E-state index < -0.39 is 10.0 Å². The summed E-state index contributed by atoms with van der Waals surface area (Å²) in [7, 11) is -3.33. The third-order valence-electron chi connectivity index (χ3n) is 2.55. The number of nitrogens with one attached hydrogen (secondary N) is 1. The third-order valence-corrected chi connectivity index (χ3v) is 4.11. The van der Waals surface area contributed by atoms with Gasteiger partial charge >= 0.3 is 0 Å². The quantitative estimate of drug-likeness (QED) is 0.786. The van der Waals surface area contributed by atoms with E-state index in [9.17, 15) is 8.42 Å². The lowest BCUT2D eigenvalue weighted by molar-refractivity contribution is 0.598. The number of nitrogens with two attached hydrogens (primary N) is 1. The zero-order valence-corrected chi connectivity index (χ0v) is 12.2. The Kier molecular flexibility index (Phi) is 5.10. The van der Waals surface area contributed by atoms with Gasteiger partial charge in [0.15, 0.2) is 0 Å². The highest BCUT2D eigenvalue weighted by molar-refractivity contribution is 7.92. The van der Waals surface area contributed by atoms with Gasteiger partial charge in [0.2, 0.25) is 10.0 Å². The maximum Gasteiger partial charge on any atom is 0.232 e. The van der Waals surface area contributed by atoms with Gasteiger partial charge in [-0.2, -0.15) is 0 Å². The predicted octanol–water partition coefficient (Wildman–Crippen LogP) is 2.17. The number of benzene rings is 1. The van der Waals surface area contributed by atoms with Crippen LogP contribution in [0.15, 0.2) is 18.2 Å². The average Bonchev–Trinajstić information content (AvgIpc) is 2.25. The first-order chi connectivity index (χ1) is 8.37. The van der Waals surface area contributed by atoms with Gasteiger partial charge in [-0.1, -0.05) is 37.7 Å². The number of anilines is 1. The molecule has 0 fully saturated rings. The number of sulfonamides is 1. The molecule has 0 unspecified atom stereocenters. The van der Waals surface area contributed by atoms with Crippen LogP contribution in [0.2, 0.25) is 0 Å². The van der Waals surface area contributed by atoms with Gasteiger partial charge in [-0.05, 0) is 25.0 Å². The Morgan fingerprint density at radius 3 is 2.67 bits per heavy atom. The molecule has 0 heterocycles. The van der Waals surface area contributed by atoms with Gasteiger partial charge in [-0.15, -0.1) is 0 Å². The summed E-state index contributed by atoms with van der Waals surface area (Å²) in [6.45, 7) is 3.79. The van der Waals surface area contributed by atoms with Crippen molar-refractivity contribution in [2.45, 2.75) is 26.7 Å². The molecular weight excluding hydrogens is 268 g/mol. The molecule has 1 aromatic carbocycles. The molecule has 1 aromatic rings. The maximum absolute atomic E-state index is 11.8. The van der Waals surface area contributed by atoms with Crippen LogP contribution in [0, 0.1) is 6.92 Å². The van der Waals surface area contributed by atoms with Crippen molar-refractivity contribution in [2.24, 2.45) is 5.73 Å². The molecule has 6 heteroatoms. The topological polar surface area (TPSA) is 72.2 Å². The van der Waals surface area contributed by atoms with Crippen molar-refractivity contribution in [3.8, 4) is 0 Å². The lowest BCUT2D eigenvalue weighted by Crippen LogP contribution is -2.21. The Bertz CT molecular complexity index is 539. The predicted molar refractivity (Wildman–Crippen MR) is 79.4 cm³/mol. The standard InChI is InChI=1S/C12H18N2O2S2/c1-3-4-8-18(15,16)14-10-7-5-6-9(2)11(10)12(13)17/h5-7,14H,3-4,8H2,1-2H3,(H2,13,17). The number of thiocarbonyl (C=S) groups is 1. The van der Waals surface area contributed by atoms with E-state index in [4.69, 9.17) is 18.0 Å². The first kappa shape index (κ1) is 14.9. The molecule has 0 bridgehead atoms. The fourth-order valence-corrected chi connectivity index (χ4v) is 3.18. The first-order valence-electron chi connectivity index (χ1n) is 5.77. The minimum Gasteiger partial charge on any atom is -0.389 e. The van der Waals surface area contributed by atoms with Crippen molar-refractivity contribution in [1.82, 2.24) is 0 Å². The summed E-state index contributed by atoms with van der Waals surface area (Å²) in [5.41, 5.74) is 7.54. The van der Waals surface area contributed by atoms with Crippen molar-refractivity contribution in [2.75, 3.05) is 10.5 Å². The highest BCUT2D eigenvalue weighted by Gasteiger charge is 2.14. The van der Waals surface area contributed by atoms with E-state index in [-0.39, 0.29) is 10.7 Å². The maximum atomic E-state index is 11.8. The Labute approximate surface area is 114 Å². The van der Waals surface area contributed by atoms with E-state index in [1.165, 1.54) is 0 Å². The zero-order chi connectivity index (χ0) is 13.8. The molecule has 100 valence electrons. The summed E-state index contributed by atoms with van der Waals surface area (Å²) >= 11 is 4.96. The molecule has 0 aromatic heterocycles. The number of unbranched alkanes of at least 4 members (excludes halogenated alkanes) is 1. The molecule has 0 amide bonds. The van der Waals surface area contributed by atoms with Crippen molar-refractivity contribution < 1.29 is 8.42 Å². The molecule has 0 radical (unpaired) electrons. The molecule has 0 aliphatic rings. The van der Waals surface area contributed by atoms with Crippen LogP contribution in [0.3, 0.4) is 0 Å². The molecule has 0 aliphatic carbocycles. The van der Waals surface area contributed by atoms with Crippen molar-refractivity contribution in [3.63, 3.8) is 0 Å². The smallest absolute Gasteiger partial charge is 0.232 e. The molecule has 0 saturated heterocycles. The molecule has 3 N–H and O–H groups in total. The van der Waals surface area contributed by atoms with Gasteiger partial charge in [0.1, 0.15) is 4.99 Å². The largest absolute Gasteiger partial charge is 0.389 e. The minimum absolute atomic E-state index is 0.105. The number of hydrogen-bond donors (Lipinski definition) is 2. The van der Waals surface area contributed by atoms with Crippen LogP contribution in [0.4, 0.5) is 5.69 Å².